The van der Waals surface area contributed by atoms with Crippen LogP contribution in [0.3, 0.4) is 0 Å². The smallest absolute Gasteiger partial charge is 0.434 e. The first kappa shape index (κ1) is 27.4. The molecule has 0 saturated carbocycles. The molecule has 2 amide bonds. The van der Waals surface area contributed by atoms with Crippen LogP contribution in [0.25, 0.3) is 21.7 Å². The molecule has 0 unspecified atom stereocenters. The van der Waals surface area contributed by atoms with Crippen LogP contribution < -0.4 is 10.6 Å². The molecule has 10 nitrogen and oxygen atoms in total. The number of nitrogens with one attached hydrogen (secondary N) is 2. The number of hydrogen-bond donors (Lipinski definition) is 2. The van der Waals surface area contributed by atoms with Crippen LogP contribution in [-0.4, -0.2) is 53.7 Å². The van der Waals surface area contributed by atoms with Gasteiger partial charge in [0.15, 0.2) is 5.69 Å². The van der Waals surface area contributed by atoms with Gasteiger partial charge in [-0.05, 0) is 12.5 Å². The second-order valence-corrected chi connectivity index (χ2v) is 8.09. The van der Waals surface area contributed by atoms with E-state index in [4.69, 9.17) is 4.74 Å². The van der Waals surface area contributed by atoms with Gasteiger partial charge in [0.25, 0.3) is 0 Å². The van der Waals surface area contributed by atoms with E-state index in [1.807, 2.05) is 0 Å². The van der Waals surface area contributed by atoms with E-state index in [1.165, 1.54) is 0 Å². The van der Waals surface area contributed by atoms with Crippen molar-refractivity contribution in [3.8, 4) is 21.7 Å². The summed E-state index contributed by atoms with van der Waals surface area (Å²) in [5.74, 6) is -3.46. The molecular weight excluding hydrogens is 522 g/mol. The van der Waals surface area contributed by atoms with Crippen LogP contribution in [0.15, 0.2) is 23.8 Å². The van der Waals surface area contributed by atoms with Crippen molar-refractivity contribution in [3.05, 3.63) is 46.6 Å². The number of pyridine rings is 2. The molecule has 3 aromatic heterocycles. The average molecular weight is 541 g/mol. The van der Waals surface area contributed by atoms with Gasteiger partial charge in [-0.25, -0.2) is 29.3 Å². The zero-order valence-electron chi connectivity index (χ0n) is 19.5. The summed E-state index contributed by atoms with van der Waals surface area (Å²) < 4.78 is 64.3. The van der Waals surface area contributed by atoms with Gasteiger partial charge in [0.1, 0.15) is 16.4 Å². The minimum absolute atomic E-state index is 0.180. The first-order valence-corrected chi connectivity index (χ1v) is 11.3. The number of carbonyl (C=O) groups excluding carboxylic acids is 3. The van der Waals surface area contributed by atoms with E-state index >= 15 is 0 Å². The number of rotatable bonds is 7. The van der Waals surface area contributed by atoms with Crippen LogP contribution in [0.2, 0.25) is 0 Å². The van der Waals surface area contributed by atoms with E-state index in [2.05, 4.69) is 30.3 Å². The van der Waals surface area contributed by atoms with E-state index < -0.39 is 41.4 Å². The molecule has 0 aliphatic rings. The van der Waals surface area contributed by atoms with E-state index in [9.17, 15) is 31.9 Å². The number of methoxy groups -OCH3 is 2. The first-order chi connectivity index (χ1) is 17.5. The molecule has 0 saturated heterocycles. The Labute approximate surface area is 211 Å². The number of halogens is 4. The number of ether oxygens (including phenoxy) is 2. The molecule has 0 atom stereocenters. The third-order valence-electron chi connectivity index (χ3n) is 4.79. The molecule has 3 aromatic rings. The molecule has 0 fully saturated rings. The summed E-state index contributed by atoms with van der Waals surface area (Å²) in [5, 5.41) is 5.21. The van der Waals surface area contributed by atoms with E-state index in [0.29, 0.717) is 23.1 Å². The van der Waals surface area contributed by atoms with Gasteiger partial charge in [-0.2, -0.15) is 17.6 Å². The van der Waals surface area contributed by atoms with Crippen LogP contribution in [0.5, 0.6) is 0 Å². The lowest BCUT2D eigenvalue weighted by Gasteiger charge is -2.17. The van der Waals surface area contributed by atoms with Gasteiger partial charge in [0.2, 0.25) is 5.95 Å². The number of urea groups is 1. The molecule has 0 aliphatic heterocycles. The number of esters is 2. The molecule has 3 rings (SSSR count). The number of thiazole rings is 1. The van der Waals surface area contributed by atoms with Crippen molar-refractivity contribution in [1.82, 2.24) is 20.3 Å². The molecule has 15 heteroatoms. The highest BCUT2D eigenvalue weighted by Gasteiger charge is 2.35. The van der Waals surface area contributed by atoms with Gasteiger partial charge in [-0.15, -0.1) is 11.3 Å². The Balaban J connectivity index is 2.35. The SMILES string of the molecule is CCCNC(=O)Nc1ncc(-c2cc(C(=O)OC)cnc2F)c(-c2nc(C(F)(F)F)cs2)c1C(=O)OC. The molecule has 0 aliphatic carbocycles. The van der Waals surface area contributed by atoms with Crippen molar-refractivity contribution < 1.29 is 41.4 Å². The Bertz CT molecular complexity index is 1350. The van der Waals surface area contributed by atoms with Gasteiger partial charge in [0, 0.05) is 41.0 Å². The molecular formula is C22H19F4N5O5S. The zero-order valence-corrected chi connectivity index (χ0v) is 20.3. The van der Waals surface area contributed by atoms with E-state index in [-0.39, 0.29) is 39.6 Å². The molecule has 0 radical (unpaired) electrons. The molecule has 3 heterocycles. The Morgan fingerprint density at radius 3 is 2.35 bits per heavy atom. The Kier molecular flexibility index (Phi) is 8.37. The normalized spacial score (nSPS) is 11.1. The molecule has 196 valence electrons. The van der Waals surface area contributed by atoms with Crippen molar-refractivity contribution in [3.63, 3.8) is 0 Å². The van der Waals surface area contributed by atoms with Gasteiger partial charge in [-0.1, -0.05) is 6.92 Å². The molecule has 2 N–H and O–H groups in total. The summed E-state index contributed by atoms with van der Waals surface area (Å²) in [4.78, 5) is 48.3. The van der Waals surface area contributed by atoms with Crippen molar-refractivity contribution in [2.24, 2.45) is 0 Å². The van der Waals surface area contributed by atoms with Gasteiger partial charge in [0.05, 0.1) is 19.8 Å². The fourth-order valence-electron chi connectivity index (χ4n) is 3.11. The van der Waals surface area contributed by atoms with E-state index in [1.54, 1.807) is 6.92 Å². The maximum absolute atomic E-state index is 14.9. The summed E-state index contributed by atoms with van der Waals surface area (Å²) >= 11 is 0.513. The predicted octanol–water partition coefficient (Wildman–Crippen LogP) is 4.53. The second kappa shape index (κ2) is 11.3. The minimum atomic E-state index is -4.81. The summed E-state index contributed by atoms with van der Waals surface area (Å²) in [7, 11) is 2.09. The maximum Gasteiger partial charge on any atom is 0.434 e. The molecule has 37 heavy (non-hydrogen) atoms. The quantitative estimate of drug-likeness (QED) is 0.253. The lowest BCUT2D eigenvalue weighted by molar-refractivity contribution is -0.140. The van der Waals surface area contributed by atoms with Crippen LogP contribution in [0.1, 0.15) is 39.8 Å². The molecule has 0 aromatic carbocycles. The number of hydrogen-bond acceptors (Lipinski definition) is 9. The van der Waals surface area contributed by atoms with Crippen LogP contribution in [0, 0.1) is 5.95 Å². The number of anilines is 1. The van der Waals surface area contributed by atoms with Gasteiger partial charge >= 0.3 is 24.1 Å². The Morgan fingerprint density at radius 1 is 1.05 bits per heavy atom. The van der Waals surface area contributed by atoms with Crippen LogP contribution in [0.4, 0.5) is 28.2 Å². The number of carbonyl (C=O) groups is 3. The highest BCUT2D eigenvalue weighted by atomic mass is 32.1. The Morgan fingerprint density at radius 2 is 1.76 bits per heavy atom. The van der Waals surface area contributed by atoms with E-state index in [0.717, 1.165) is 32.7 Å². The molecule has 0 bridgehead atoms. The fourth-order valence-corrected chi connectivity index (χ4v) is 4.00. The van der Waals surface area contributed by atoms with Crippen LogP contribution >= 0.6 is 11.3 Å². The third-order valence-corrected chi connectivity index (χ3v) is 5.65. The summed E-state index contributed by atoms with van der Waals surface area (Å²) in [6, 6.07) is 0.281. The largest absolute Gasteiger partial charge is 0.465 e. The topological polar surface area (TPSA) is 132 Å². The standard InChI is InChI=1S/C22H19F4N5O5S/c1-4-5-27-21(34)31-17-15(20(33)36-3)14(18-30-13(9-37-18)22(24,25)26)12(8-29-17)11-6-10(19(32)35-2)7-28-16(11)23/h6-9H,4-5H2,1-3H3,(H2,27,29,31,34). The summed E-state index contributed by atoms with van der Waals surface area (Å²) in [6.45, 7) is 2.08. The number of amides is 2. The number of alkyl halides is 3. The van der Waals surface area contributed by atoms with Gasteiger partial charge in [-0.3, -0.25) is 5.32 Å². The van der Waals surface area contributed by atoms with Crippen molar-refractivity contribution in [1.29, 1.82) is 0 Å². The summed E-state index contributed by atoms with van der Waals surface area (Å²) in [6.07, 6.45) is -2.31. The van der Waals surface area contributed by atoms with Gasteiger partial charge < -0.3 is 14.8 Å². The monoisotopic (exact) mass is 541 g/mol. The van der Waals surface area contributed by atoms with Crippen molar-refractivity contribution in [2.75, 3.05) is 26.1 Å². The van der Waals surface area contributed by atoms with Crippen molar-refractivity contribution in [2.45, 2.75) is 19.5 Å². The number of nitrogens with zero attached hydrogens (tertiary/aromatic N) is 3. The average Bonchev–Trinajstić information content (AvgIpc) is 3.37. The maximum atomic E-state index is 14.9. The lowest BCUT2D eigenvalue weighted by atomic mass is 9.97. The van der Waals surface area contributed by atoms with Crippen LogP contribution in [-0.2, 0) is 15.7 Å². The van der Waals surface area contributed by atoms with Crippen molar-refractivity contribution >= 4 is 35.1 Å². The Hall–Kier alpha value is -4.14. The highest BCUT2D eigenvalue weighted by molar-refractivity contribution is 7.13. The molecule has 0 spiro atoms. The second-order valence-electron chi connectivity index (χ2n) is 7.23. The predicted molar refractivity (Wildman–Crippen MR) is 124 cm³/mol. The first-order valence-electron chi connectivity index (χ1n) is 10.4. The minimum Gasteiger partial charge on any atom is -0.465 e. The third kappa shape index (κ3) is 5.99. The highest BCUT2D eigenvalue weighted by Crippen LogP contribution is 2.42. The fraction of sp³-hybridized carbons (Fsp3) is 0.273. The number of aromatic nitrogens is 3. The zero-order chi connectivity index (χ0) is 27.3. The lowest BCUT2D eigenvalue weighted by Crippen LogP contribution is -2.30. The summed E-state index contributed by atoms with van der Waals surface area (Å²) in [5.41, 5.74) is -2.88.